The highest BCUT2D eigenvalue weighted by Gasteiger charge is 2.23. The Morgan fingerprint density at radius 1 is 1.00 bits per heavy atom. The molecule has 1 aliphatic heterocycles. The number of fused-ring (bicyclic) bond motifs is 1. The van der Waals surface area contributed by atoms with Gasteiger partial charge in [-0.2, -0.15) is 0 Å². The Morgan fingerprint density at radius 2 is 1.75 bits per heavy atom. The maximum absolute atomic E-state index is 12.8. The van der Waals surface area contributed by atoms with E-state index in [1.165, 1.54) is 17.5 Å². The van der Waals surface area contributed by atoms with Gasteiger partial charge in [0, 0.05) is 38.3 Å². The maximum atomic E-state index is 12.8. The number of carbonyl (C=O) groups is 2. The van der Waals surface area contributed by atoms with Crippen LogP contribution in [0.5, 0.6) is 0 Å². The number of aryl methyl sites for hydroxylation is 2. The molecule has 0 spiro atoms. The van der Waals surface area contributed by atoms with Crippen LogP contribution >= 0.6 is 0 Å². The Bertz CT molecular complexity index is 615. The number of hydrogen-bond acceptors (Lipinski definition) is 2. The van der Waals surface area contributed by atoms with E-state index >= 15 is 0 Å². The van der Waals surface area contributed by atoms with Crippen molar-refractivity contribution in [1.82, 2.24) is 15.1 Å². The second-order valence-corrected chi connectivity index (χ2v) is 6.70. The van der Waals surface area contributed by atoms with Gasteiger partial charge in [-0.3, -0.25) is 4.79 Å². The first-order valence-corrected chi connectivity index (χ1v) is 9.13. The molecule has 1 aromatic rings. The second kappa shape index (κ2) is 7.69. The summed E-state index contributed by atoms with van der Waals surface area (Å²) in [5, 5.41) is 2.92. The summed E-state index contributed by atoms with van der Waals surface area (Å²) >= 11 is 0. The third-order valence-corrected chi connectivity index (χ3v) is 4.94. The summed E-state index contributed by atoms with van der Waals surface area (Å²) in [6.07, 6.45) is 5.18. The van der Waals surface area contributed by atoms with E-state index in [9.17, 15) is 9.59 Å². The van der Waals surface area contributed by atoms with Crippen LogP contribution in [0, 0.1) is 0 Å². The van der Waals surface area contributed by atoms with Gasteiger partial charge in [0.05, 0.1) is 0 Å². The summed E-state index contributed by atoms with van der Waals surface area (Å²) in [5.74, 6) is 0.0977. The van der Waals surface area contributed by atoms with Gasteiger partial charge in [0.25, 0.3) is 5.91 Å². The van der Waals surface area contributed by atoms with Gasteiger partial charge < -0.3 is 15.1 Å². The number of carbonyl (C=O) groups excluding carboxylic acids is 2. The van der Waals surface area contributed by atoms with E-state index in [0.717, 1.165) is 31.2 Å². The standard InChI is InChI=1S/C19H27N3O2/c1-2-9-20-19(24)22-11-4-10-21(12-13-22)18(23)17-8-7-15-5-3-6-16(15)14-17/h7-8,14H,2-6,9-13H2,1H3,(H,20,24). The normalized spacial score (nSPS) is 17.4. The number of nitrogens with zero attached hydrogens (tertiary/aromatic N) is 2. The van der Waals surface area contributed by atoms with Gasteiger partial charge in [0.2, 0.25) is 0 Å². The Balaban J connectivity index is 1.61. The molecule has 1 aromatic carbocycles. The van der Waals surface area contributed by atoms with E-state index in [2.05, 4.69) is 17.4 Å². The molecule has 2 aliphatic rings. The minimum Gasteiger partial charge on any atom is -0.338 e. The Kier molecular flexibility index (Phi) is 5.38. The van der Waals surface area contributed by atoms with Gasteiger partial charge >= 0.3 is 6.03 Å². The summed E-state index contributed by atoms with van der Waals surface area (Å²) in [4.78, 5) is 28.6. The summed E-state index contributed by atoms with van der Waals surface area (Å²) < 4.78 is 0. The highest BCUT2D eigenvalue weighted by atomic mass is 16.2. The van der Waals surface area contributed by atoms with Crippen molar-refractivity contribution in [3.63, 3.8) is 0 Å². The second-order valence-electron chi connectivity index (χ2n) is 6.70. The maximum Gasteiger partial charge on any atom is 0.317 e. The van der Waals surface area contributed by atoms with Crippen LogP contribution in [0.3, 0.4) is 0 Å². The zero-order valence-electron chi connectivity index (χ0n) is 14.5. The molecule has 0 saturated carbocycles. The summed E-state index contributed by atoms with van der Waals surface area (Å²) in [6, 6.07) is 6.13. The number of benzene rings is 1. The zero-order chi connectivity index (χ0) is 16.9. The van der Waals surface area contributed by atoms with Crippen LogP contribution in [-0.4, -0.2) is 54.5 Å². The van der Waals surface area contributed by atoms with E-state index in [-0.39, 0.29) is 11.9 Å². The quantitative estimate of drug-likeness (QED) is 0.926. The molecule has 5 nitrogen and oxygen atoms in total. The van der Waals surface area contributed by atoms with Crippen molar-refractivity contribution < 1.29 is 9.59 Å². The lowest BCUT2D eigenvalue weighted by atomic mass is 10.1. The smallest absolute Gasteiger partial charge is 0.317 e. The average Bonchev–Trinajstić information content (AvgIpc) is 2.93. The van der Waals surface area contributed by atoms with Gasteiger partial charge in [-0.05, 0) is 55.4 Å². The number of nitrogens with one attached hydrogen (secondary N) is 1. The van der Waals surface area contributed by atoms with Crippen LogP contribution in [0.2, 0.25) is 0 Å². The predicted octanol–water partition coefficient (Wildman–Crippen LogP) is 2.44. The van der Waals surface area contributed by atoms with Crippen LogP contribution < -0.4 is 5.32 Å². The molecule has 1 fully saturated rings. The van der Waals surface area contributed by atoms with E-state index in [4.69, 9.17) is 0 Å². The van der Waals surface area contributed by atoms with Crippen LogP contribution in [-0.2, 0) is 12.8 Å². The lowest BCUT2D eigenvalue weighted by Crippen LogP contribution is -2.42. The number of urea groups is 1. The minimum absolute atomic E-state index is 0.0105. The first-order chi connectivity index (χ1) is 11.7. The summed E-state index contributed by atoms with van der Waals surface area (Å²) in [7, 11) is 0. The summed E-state index contributed by atoms with van der Waals surface area (Å²) in [6.45, 7) is 5.38. The fourth-order valence-corrected chi connectivity index (χ4v) is 3.55. The monoisotopic (exact) mass is 329 g/mol. The molecule has 0 atom stereocenters. The number of amides is 3. The predicted molar refractivity (Wildman–Crippen MR) is 94.3 cm³/mol. The highest BCUT2D eigenvalue weighted by molar-refractivity contribution is 5.94. The van der Waals surface area contributed by atoms with Crippen LogP contribution in [0.4, 0.5) is 4.79 Å². The van der Waals surface area contributed by atoms with Crippen molar-refractivity contribution in [3.8, 4) is 0 Å². The van der Waals surface area contributed by atoms with E-state index in [1.807, 2.05) is 22.8 Å². The lowest BCUT2D eigenvalue weighted by molar-refractivity contribution is 0.0762. The first-order valence-electron chi connectivity index (χ1n) is 9.13. The fourth-order valence-electron chi connectivity index (χ4n) is 3.55. The van der Waals surface area contributed by atoms with Gasteiger partial charge in [-0.15, -0.1) is 0 Å². The third kappa shape index (κ3) is 3.71. The van der Waals surface area contributed by atoms with Crippen LogP contribution in [0.1, 0.15) is 47.7 Å². The van der Waals surface area contributed by atoms with Crippen molar-refractivity contribution in [2.24, 2.45) is 0 Å². The van der Waals surface area contributed by atoms with Crippen LogP contribution in [0.15, 0.2) is 18.2 Å². The van der Waals surface area contributed by atoms with Crippen molar-refractivity contribution in [2.75, 3.05) is 32.7 Å². The van der Waals surface area contributed by atoms with Crippen molar-refractivity contribution in [3.05, 3.63) is 34.9 Å². The molecule has 3 amide bonds. The molecule has 5 heteroatoms. The molecular formula is C19H27N3O2. The van der Waals surface area contributed by atoms with Crippen molar-refractivity contribution in [1.29, 1.82) is 0 Å². The Hall–Kier alpha value is -2.04. The molecule has 0 bridgehead atoms. The lowest BCUT2D eigenvalue weighted by Gasteiger charge is -2.22. The van der Waals surface area contributed by atoms with Gasteiger partial charge in [-0.1, -0.05) is 13.0 Å². The molecule has 24 heavy (non-hydrogen) atoms. The highest BCUT2D eigenvalue weighted by Crippen LogP contribution is 2.23. The molecule has 0 unspecified atom stereocenters. The average molecular weight is 329 g/mol. The molecular weight excluding hydrogens is 302 g/mol. The Morgan fingerprint density at radius 3 is 2.58 bits per heavy atom. The third-order valence-electron chi connectivity index (χ3n) is 4.94. The van der Waals surface area contributed by atoms with Crippen molar-refractivity contribution in [2.45, 2.75) is 39.0 Å². The largest absolute Gasteiger partial charge is 0.338 e. The summed E-state index contributed by atoms with van der Waals surface area (Å²) in [5.41, 5.74) is 3.51. The van der Waals surface area contributed by atoms with Crippen LogP contribution in [0.25, 0.3) is 0 Å². The molecule has 1 aliphatic carbocycles. The minimum atomic E-state index is -0.0105. The molecule has 1 N–H and O–H groups in total. The van der Waals surface area contributed by atoms with Gasteiger partial charge in [0.15, 0.2) is 0 Å². The number of rotatable bonds is 3. The van der Waals surface area contributed by atoms with Gasteiger partial charge in [0.1, 0.15) is 0 Å². The van der Waals surface area contributed by atoms with E-state index in [1.54, 1.807) is 0 Å². The molecule has 0 radical (unpaired) electrons. The zero-order valence-corrected chi connectivity index (χ0v) is 14.5. The fraction of sp³-hybridized carbons (Fsp3) is 0.579. The molecule has 130 valence electrons. The topological polar surface area (TPSA) is 52.7 Å². The molecule has 1 heterocycles. The molecule has 1 saturated heterocycles. The SMILES string of the molecule is CCCNC(=O)N1CCCN(C(=O)c2ccc3c(c2)CCC3)CC1. The van der Waals surface area contributed by atoms with E-state index in [0.29, 0.717) is 32.7 Å². The van der Waals surface area contributed by atoms with Gasteiger partial charge in [-0.25, -0.2) is 4.79 Å². The first kappa shape index (κ1) is 16.8. The van der Waals surface area contributed by atoms with E-state index < -0.39 is 0 Å². The van der Waals surface area contributed by atoms with Crippen molar-refractivity contribution >= 4 is 11.9 Å². The number of hydrogen-bond donors (Lipinski definition) is 1. The molecule has 0 aromatic heterocycles. The Labute approximate surface area is 144 Å². The molecule has 3 rings (SSSR count).